The maximum atomic E-state index is 8.90. The van der Waals surface area contributed by atoms with Crippen LogP contribution in [0.5, 0.6) is 0 Å². The Morgan fingerprint density at radius 3 is 2.82 bits per heavy atom. The molecule has 0 saturated heterocycles. The number of hydrogen-bond acceptors (Lipinski definition) is 5. The molecule has 5 heteroatoms. The van der Waals surface area contributed by atoms with Crippen molar-refractivity contribution < 1.29 is 5.11 Å². The fourth-order valence-corrected chi connectivity index (χ4v) is 2.72. The summed E-state index contributed by atoms with van der Waals surface area (Å²) in [6, 6.07) is 8.08. The number of allylic oxidation sites excluding steroid dienone is 1. The van der Waals surface area contributed by atoms with Gasteiger partial charge in [-0.3, -0.25) is 9.98 Å². The van der Waals surface area contributed by atoms with Gasteiger partial charge in [-0.25, -0.2) is 4.98 Å². The summed E-state index contributed by atoms with van der Waals surface area (Å²) in [6.07, 6.45) is 7.99. The molecule has 0 unspecified atom stereocenters. The smallest absolute Gasteiger partial charge is 0.0922 e. The summed E-state index contributed by atoms with van der Waals surface area (Å²) in [4.78, 5) is 13.5. The molecule has 114 valence electrons. The molecule has 1 aliphatic carbocycles. The summed E-state index contributed by atoms with van der Waals surface area (Å²) >= 11 is 0. The van der Waals surface area contributed by atoms with Gasteiger partial charge in [-0.1, -0.05) is 12.1 Å². The van der Waals surface area contributed by atoms with Crippen molar-refractivity contribution >= 4 is 22.8 Å². The van der Waals surface area contributed by atoms with E-state index in [0.717, 1.165) is 41.6 Å². The van der Waals surface area contributed by atoms with E-state index < -0.39 is 0 Å². The largest absolute Gasteiger partial charge is 0.404 e. The second-order valence-corrected chi connectivity index (χ2v) is 5.65. The number of hydrogen-bond donors (Lipinski definition) is 2. The number of aliphatic hydroxyl groups is 1. The molecule has 3 N–H and O–H groups in total. The van der Waals surface area contributed by atoms with E-state index in [-0.39, 0.29) is 6.61 Å². The number of aliphatic hydroxyl groups excluding tert-OH is 1. The second kappa shape index (κ2) is 6.66. The molecular weight excluding hydrogens is 276 g/mol. The summed E-state index contributed by atoms with van der Waals surface area (Å²) in [5.74, 6) is 0.609. The lowest BCUT2D eigenvalue weighted by atomic mass is 9.79. The maximum absolute atomic E-state index is 8.90. The van der Waals surface area contributed by atoms with E-state index in [1.807, 2.05) is 24.3 Å². The average Bonchev–Trinajstić information content (AvgIpc) is 2.52. The lowest BCUT2D eigenvalue weighted by molar-refractivity contribution is 0.189. The van der Waals surface area contributed by atoms with Crippen molar-refractivity contribution in [3.63, 3.8) is 0 Å². The molecule has 3 rings (SSSR count). The zero-order valence-electron chi connectivity index (χ0n) is 12.4. The van der Waals surface area contributed by atoms with Crippen LogP contribution in [-0.2, 0) is 0 Å². The topological polar surface area (TPSA) is 84.4 Å². The van der Waals surface area contributed by atoms with E-state index >= 15 is 0 Å². The lowest BCUT2D eigenvalue weighted by Crippen LogP contribution is -2.27. The molecule has 22 heavy (non-hydrogen) atoms. The Balaban J connectivity index is 1.71. The highest BCUT2D eigenvalue weighted by Gasteiger charge is 2.27. The van der Waals surface area contributed by atoms with Gasteiger partial charge < -0.3 is 10.8 Å². The molecule has 0 radical (unpaired) electrons. The van der Waals surface area contributed by atoms with Crippen molar-refractivity contribution in [1.82, 2.24) is 9.97 Å². The van der Waals surface area contributed by atoms with Crippen LogP contribution in [0, 0.1) is 5.92 Å². The number of benzene rings is 1. The number of para-hydroxylation sites is 2. The third kappa shape index (κ3) is 3.14. The fourth-order valence-electron chi connectivity index (χ4n) is 2.72. The van der Waals surface area contributed by atoms with Gasteiger partial charge >= 0.3 is 0 Å². The Hall–Kier alpha value is -2.27. The van der Waals surface area contributed by atoms with Gasteiger partial charge in [-0.05, 0) is 37.3 Å². The Bertz CT molecular complexity index is 705. The third-order valence-electron chi connectivity index (χ3n) is 4.10. The van der Waals surface area contributed by atoms with Crippen molar-refractivity contribution in [2.24, 2.45) is 16.6 Å². The van der Waals surface area contributed by atoms with E-state index in [0.29, 0.717) is 12.0 Å². The first-order valence-electron chi connectivity index (χ1n) is 7.58. The monoisotopic (exact) mass is 296 g/mol. The van der Waals surface area contributed by atoms with E-state index in [4.69, 9.17) is 10.8 Å². The van der Waals surface area contributed by atoms with Crippen LogP contribution in [0.15, 0.2) is 41.7 Å². The van der Waals surface area contributed by atoms with Crippen LogP contribution in [0.25, 0.3) is 16.6 Å². The highest BCUT2D eigenvalue weighted by atomic mass is 16.3. The van der Waals surface area contributed by atoms with Crippen LogP contribution < -0.4 is 5.73 Å². The number of nitrogens with zero attached hydrogens (tertiary/aromatic N) is 3. The first-order chi connectivity index (χ1) is 10.8. The van der Waals surface area contributed by atoms with Gasteiger partial charge in [0.05, 0.1) is 29.0 Å². The van der Waals surface area contributed by atoms with E-state index in [1.54, 1.807) is 12.4 Å². The van der Waals surface area contributed by atoms with Crippen LogP contribution in [-0.4, -0.2) is 33.9 Å². The van der Waals surface area contributed by atoms with Crippen LogP contribution in [0.1, 0.15) is 25.0 Å². The molecule has 1 heterocycles. The summed E-state index contributed by atoms with van der Waals surface area (Å²) in [5, 5.41) is 8.90. The highest BCUT2D eigenvalue weighted by molar-refractivity contribution is 6.09. The Labute approximate surface area is 129 Å². The minimum absolute atomic E-state index is 0.266. The van der Waals surface area contributed by atoms with Gasteiger partial charge in [0.1, 0.15) is 0 Å². The van der Waals surface area contributed by atoms with Crippen molar-refractivity contribution in [2.45, 2.75) is 25.3 Å². The zero-order chi connectivity index (χ0) is 15.4. The van der Waals surface area contributed by atoms with E-state index in [2.05, 4.69) is 15.0 Å². The molecular formula is C17H20N4O. The Kier molecular flexibility index (Phi) is 4.44. The zero-order valence-corrected chi connectivity index (χ0v) is 12.4. The molecule has 1 fully saturated rings. The van der Waals surface area contributed by atoms with Gasteiger partial charge in [-0.15, -0.1) is 0 Å². The number of rotatable bonds is 5. The first-order valence-corrected chi connectivity index (χ1v) is 7.58. The van der Waals surface area contributed by atoms with Crippen molar-refractivity contribution in [2.75, 3.05) is 6.61 Å². The lowest BCUT2D eigenvalue weighted by Gasteiger charge is -2.32. The highest BCUT2D eigenvalue weighted by Crippen LogP contribution is 2.32. The number of nitrogens with two attached hydrogens (primary N) is 1. The molecule has 1 aliphatic rings. The third-order valence-corrected chi connectivity index (χ3v) is 4.10. The predicted octanol–water partition coefficient (Wildman–Crippen LogP) is 2.16. The minimum atomic E-state index is 0.266. The average molecular weight is 296 g/mol. The summed E-state index contributed by atoms with van der Waals surface area (Å²) in [6.45, 7) is 0.266. The van der Waals surface area contributed by atoms with Crippen molar-refractivity contribution in [3.05, 3.63) is 42.4 Å². The predicted molar refractivity (Wildman–Crippen MR) is 88.4 cm³/mol. The van der Waals surface area contributed by atoms with Gasteiger partial charge in [0.15, 0.2) is 0 Å². The van der Waals surface area contributed by atoms with Gasteiger partial charge in [0.25, 0.3) is 0 Å². The molecule has 1 saturated carbocycles. The molecule has 0 amide bonds. The maximum Gasteiger partial charge on any atom is 0.0922 e. The molecule has 1 aromatic heterocycles. The van der Waals surface area contributed by atoms with Crippen LogP contribution in [0.4, 0.5) is 0 Å². The molecule has 0 bridgehead atoms. The Morgan fingerprint density at radius 2 is 2.09 bits per heavy atom. The van der Waals surface area contributed by atoms with Gasteiger partial charge in [-0.2, -0.15) is 0 Å². The van der Waals surface area contributed by atoms with Crippen molar-refractivity contribution in [3.8, 4) is 0 Å². The van der Waals surface area contributed by atoms with Gasteiger partial charge in [0, 0.05) is 24.6 Å². The number of aliphatic imine (C=N–C) groups is 1. The minimum Gasteiger partial charge on any atom is -0.404 e. The molecule has 2 aromatic rings. The molecule has 0 spiro atoms. The number of aromatic nitrogens is 2. The fraction of sp³-hybridized carbons (Fsp3) is 0.353. The molecule has 0 atom stereocenters. The second-order valence-electron chi connectivity index (χ2n) is 5.65. The normalized spacial score (nSPS) is 22.1. The first kappa shape index (κ1) is 14.7. The van der Waals surface area contributed by atoms with Crippen LogP contribution in [0.3, 0.4) is 0 Å². The van der Waals surface area contributed by atoms with E-state index in [9.17, 15) is 0 Å². The van der Waals surface area contributed by atoms with E-state index in [1.165, 1.54) is 6.20 Å². The number of fused-ring (bicyclic) bond motifs is 1. The molecule has 1 aromatic carbocycles. The quantitative estimate of drug-likeness (QED) is 0.828. The Morgan fingerprint density at radius 1 is 1.32 bits per heavy atom. The standard InChI is InChI=1S/C17H20N4O/c18-9-13(10-19-14-7-12(8-14)5-6-22)17-11-20-15-3-1-2-4-16(15)21-17/h1-4,9-12,14,22H,5-8,18H2. The SMILES string of the molecule is NC=C(C=NC1CC(CCO)C1)c1cnc2ccccc2n1. The van der Waals surface area contributed by atoms with Crippen molar-refractivity contribution in [1.29, 1.82) is 0 Å². The molecule has 5 nitrogen and oxygen atoms in total. The molecule has 0 aliphatic heterocycles. The van der Waals surface area contributed by atoms with Crippen LogP contribution >= 0.6 is 0 Å². The van der Waals surface area contributed by atoms with Gasteiger partial charge in [0.2, 0.25) is 0 Å². The summed E-state index contributed by atoms with van der Waals surface area (Å²) in [7, 11) is 0. The van der Waals surface area contributed by atoms with Crippen LogP contribution in [0.2, 0.25) is 0 Å². The summed E-state index contributed by atoms with van der Waals surface area (Å²) < 4.78 is 0. The summed E-state index contributed by atoms with van der Waals surface area (Å²) in [5.41, 5.74) is 8.94.